The lowest BCUT2D eigenvalue weighted by atomic mass is 10.4. The summed E-state index contributed by atoms with van der Waals surface area (Å²) >= 11 is 4.92. The molecule has 0 spiro atoms. The van der Waals surface area contributed by atoms with Crippen LogP contribution in [0.25, 0.3) is 0 Å². The van der Waals surface area contributed by atoms with E-state index in [1.54, 1.807) is 18.4 Å². The van der Waals surface area contributed by atoms with E-state index in [-0.39, 0.29) is 19.0 Å². The summed E-state index contributed by atoms with van der Waals surface area (Å²) in [5.74, 6) is -0.911. The minimum absolute atomic E-state index is 0.0490. The number of halogens is 1. The van der Waals surface area contributed by atoms with Crippen molar-refractivity contribution in [2.45, 2.75) is 13.0 Å². The van der Waals surface area contributed by atoms with Gasteiger partial charge in [-0.3, -0.25) is 4.79 Å². The van der Waals surface area contributed by atoms with Crippen molar-refractivity contribution in [1.82, 2.24) is 10.2 Å². The van der Waals surface area contributed by atoms with E-state index in [2.05, 4.69) is 21.2 Å². The number of amides is 2. The average molecular weight is 321 g/mol. The van der Waals surface area contributed by atoms with Gasteiger partial charge in [0.1, 0.15) is 0 Å². The summed E-state index contributed by atoms with van der Waals surface area (Å²) in [5, 5.41) is 13.2. The summed E-state index contributed by atoms with van der Waals surface area (Å²) in [7, 11) is 1.57. The number of rotatable bonds is 5. The zero-order chi connectivity index (χ0) is 12.8. The molecule has 1 aromatic heterocycles. The first-order valence-electron chi connectivity index (χ1n) is 4.93. The largest absolute Gasteiger partial charge is 0.481 e. The number of nitrogens with one attached hydrogen (secondary N) is 1. The molecule has 1 rings (SSSR count). The van der Waals surface area contributed by atoms with Crippen LogP contribution in [0, 0.1) is 0 Å². The zero-order valence-corrected chi connectivity index (χ0v) is 11.7. The number of carbonyl (C=O) groups excluding carboxylic acids is 1. The topological polar surface area (TPSA) is 69.6 Å². The molecule has 0 radical (unpaired) electrons. The summed E-state index contributed by atoms with van der Waals surface area (Å²) in [6.45, 7) is 0.640. The first-order valence-corrected chi connectivity index (χ1v) is 6.60. The van der Waals surface area contributed by atoms with Crippen molar-refractivity contribution in [1.29, 1.82) is 0 Å². The molecule has 0 saturated carbocycles. The lowest BCUT2D eigenvalue weighted by Crippen LogP contribution is -2.37. The van der Waals surface area contributed by atoms with Crippen LogP contribution < -0.4 is 5.32 Å². The smallest absolute Gasteiger partial charge is 0.317 e. The number of carbonyl (C=O) groups is 2. The Hall–Kier alpha value is -1.08. The van der Waals surface area contributed by atoms with Gasteiger partial charge in [0.25, 0.3) is 0 Å². The van der Waals surface area contributed by atoms with Crippen LogP contribution in [0.4, 0.5) is 4.79 Å². The van der Waals surface area contributed by atoms with Gasteiger partial charge in [-0.25, -0.2) is 4.79 Å². The number of carboxylic acids is 1. The number of hydrogen-bond acceptors (Lipinski definition) is 3. The molecular weight excluding hydrogens is 308 g/mol. The number of nitrogens with zero attached hydrogens (tertiary/aromatic N) is 1. The third-order valence-corrected chi connectivity index (χ3v) is 4.03. The van der Waals surface area contributed by atoms with Gasteiger partial charge >= 0.3 is 12.0 Å². The summed E-state index contributed by atoms with van der Waals surface area (Å²) in [6.07, 6.45) is -0.0490. The van der Waals surface area contributed by atoms with Gasteiger partial charge in [0.2, 0.25) is 0 Å². The molecule has 0 aromatic carbocycles. The third kappa shape index (κ3) is 4.74. The molecule has 94 valence electrons. The SMILES string of the molecule is CN(CCC(=O)O)C(=O)NCc1sccc1Br. The van der Waals surface area contributed by atoms with Gasteiger partial charge in [-0.1, -0.05) is 0 Å². The van der Waals surface area contributed by atoms with Crippen molar-refractivity contribution in [3.05, 3.63) is 20.8 Å². The van der Waals surface area contributed by atoms with Gasteiger partial charge < -0.3 is 15.3 Å². The summed E-state index contributed by atoms with van der Waals surface area (Å²) < 4.78 is 0.969. The van der Waals surface area contributed by atoms with Gasteiger partial charge in [0.15, 0.2) is 0 Å². The van der Waals surface area contributed by atoms with E-state index >= 15 is 0 Å². The standard InChI is InChI=1S/C10H13BrN2O3S/c1-13(4-2-9(14)15)10(16)12-6-8-7(11)3-5-17-8/h3,5H,2,4,6H2,1H3,(H,12,16)(H,14,15). The molecule has 0 atom stereocenters. The Morgan fingerprint density at radius 2 is 2.29 bits per heavy atom. The van der Waals surface area contributed by atoms with Crippen molar-refractivity contribution < 1.29 is 14.7 Å². The van der Waals surface area contributed by atoms with Crippen molar-refractivity contribution in [2.75, 3.05) is 13.6 Å². The first kappa shape index (κ1) is 14.0. The quantitative estimate of drug-likeness (QED) is 0.873. The van der Waals surface area contributed by atoms with Gasteiger partial charge in [-0.05, 0) is 27.4 Å². The van der Waals surface area contributed by atoms with Crippen molar-refractivity contribution >= 4 is 39.3 Å². The van der Waals surface area contributed by atoms with E-state index in [1.807, 2.05) is 11.4 Å². The summed E-state index contributed by atoms with van der Waals surface area (Å²) in [4.78, 5) is 24.3. The highest BCUT2D eigenvalue weighted by atomic mass is 79.9. The maximum absolute atomic E-state index is 11.6. The predicted octanol–water partition coefficient (Wildman–Crippen LogP) is 2.13. The van der Waals surface area contributed by atoms with Crippen LogP contribution in [-0.4, -0.2) is 35.6 Å². The van der Waals surface area contributed by atoms with E-state index < -0.39 is 5.97 Å². The minimum Gasteiger partial charge on any atom is -0.481 e. The fourth-order valence-corrected chi connectivity index (χ4v) is 2.54. The van der Waals surface area contributed by atoms with Crippen LogP contribution in [-0.2, 0) is 11.3 Å². The van der Waals surface area contributed by atoms with E-state index in [0.29, 0.717) is 6.54 Å². The minimum atomic E-state index is -0.911. The highest BCUT2D eigenvalue weighted by molar-refractivity contribution is 9.10. The van der Waals surface area contributed by atoms with Crippen LogP contribution in [0.2, 0.25) is 0 Å². The fourth-order valence-electron chi connectivity index (χ4n) is 1.11. The molecule has 0 aliphatic rings. The number of hydrogen-bond donors (Lipinski definition) is 2. The van der Waals surface area contributed by atoms with Crippen LogP contribution >= 0.6 is 27.3 Å². The highest BCUT2D eigenvalue weighted by Gasteiger charge is 2.10. The molecule has 0 aliphatic carbocycles. The normalized spacial score (nSPS) is 10.0. The van der Waals surface area contributed by atoms with Gasteiger partial charge in [0, 0.05) is 22.9 Å². The second-order valence-corrected chi connectivity index (χ2v) is 5.27. The third-order valence-electron chi connectivity index (χ3n) is 2.10. The predicted molar refractivity (Wildman–Crippen MR) is 69.1 cm³/mol. The molecule has 0 fully saturated rings. The molecule has 17 heavy (non-hydrogen) atoms. The molecule has 0 bridgehead atoms. The molecule has 2 N–H and O–H groups in total. The molecule has 7 heteroatoms. The van der Waals surface area contributed by atoms with Crippen molar-refractivity contribution in [3.63, 3.8) is 0 Å². The Morgan fingerprint density at radius 1 is 1.59 bits per heavy atom. The van der Waals surface area contributed by atoms with E-state index in [4.69, 9.17) is 5.11 Å². The first-order chi connectivity index (χ1) is 8.00. The monoisotopic (exact) mass is 320 g/mol. The highest BCUT2D eigenvalue weighted by Crippen LogP contribution is 2.22. The molecular formula is C10H13BrN2O3S. The zero-order valence-electron chi connectivity index (χ0n) is 9.27. The second-order valence-electron chi connectivity index (χ2n) is 3.42. The fraction of sp³-hybridized carbons (Fsp3) is 0.400. The summed E-state index contributed by atoms with van der Waals surface area (Å²) in [6, 6.07) is 1.65. The number of aliphatic carboxylic acids is 1. The Labute approximate surface area is 112 Å². The number of carboxylic acid groups (broad SMARTS) is 1. The number of urea groups is 1. The Morgan fingerprint density at radius 3 is 2.82 bits per heavy atom. The van der Waals surface area contributed by atoms with Gasteiger partial charge in [-0.2, -0.15) is 0 Å². The molecule has 2 amide bonds. The number of thiophene rings is 1. The molecule has 0 saturated heterocycles. The van der Waals surface area contributed by atoms with E-state index in [0.717, 1.165) is 9.35 Å². The Bertz CT molecular complexity index is 408. The molecule has 5 nitrogen and oxygen atoms in total. The second kappa shape index (κ2) is 6.61. The average Bonchev–Trinajstić information content (AvgIpc) is 2.68. The molecule has 1 heterocycles. The lowest BCUT2D eigenvalue weighted by molar-refractivity contribution is -0.137. The lowest BCUT2D eigenvalue weighted by Gasteiger charge is -2.16. The van der Waals surface area contributed by atoms with Gasteiger partial charge in [0.05, 0.1) is 13.0 Å². The van der Waals surface area contributed by atoms with Crippen LogP contribution in [0.5, 0.6) is 0 Å². The van der Waals surface area contributed by atoms with Gasteiger partial charge in [-0.15, -0.1) is 11.3 Å². The van der Waals surface area contributed by atoms with Crippen molar-refractivity contribution in [3.8, 4) is 0 Å². The maximum atomic E-state index is 11.6. The van der Waals surface area contributed by atoms with Crippen LogP contribution in [0.3, 0.4) is 0 Å². The molecule has 0 aliphatic heterocycles. The van der Waals surface area contributed by atoms with Crippen LogP contribution in [0.15, 0.2) is 15.9 Å². The van der Waals surface area contributed by atoms with E-state index in [9.17, 15) is 9.59 Å². The Kier molecular flexibility index (Phi) is 5.43. The van der Waals surface area contributed by atoms with E-state index in [1.165, 1.54) is 4.90 Å². The maximum Gasteiger partial charge on any atom is 0.317 e. The van der Waals surface area contributed by atoms with Crippen molar-refractivity contribution in [2.24, 2.45) is 0 Å². The molecule has 1 aromatic rings. The summed E-state index contributed by atoms with van der Waals surface area (Å²) in [5.41, 5.74) is 0. The van der Waals surface area contributed by atoms with Crippen LogP contribution in [0.1, 0.15) is 11.3 Å². The molecule has 0 unspecified atom stereocenters. The Balaban J connectivity index is 2.34.